The van der Waals surface area contributed by atoms with Gasteiger partial charge in [0.15, 0.2) is 12.5 Å². The second-order valence-electron chi connectivity index (χ2n) is 25.6. The van der Waals surface area contributed by atoms with Crippen LogP contribution in [0.4, 0.5) is 11.6 Å². The zero-order valence-electron chi connectivity index (χ0n) is 60.0. The molecule has 2 saturated heterocycles. The van der Waals surface area contributed by atoms with Crippen molar-refractivity contribution in [2.45, 2.75) is 126 Å². The number of carbonyl (C=O) groups excluding carboxylic acids is 4. The van der Waals surface area contributed by atoms with Gasteiger partial charge in [-0.2, -0.15) is 19.2 Å². The maximum absolute atomic E-state index is 13.7. The number of phosphoric acid groups is 2. The van der Waals surface area contributed by atoms with Gasteiger partial charge < -0.3 is 91.4 Å². The van der Waals surface area contributed by atoms with Crippen molar-refractivity contribution in [3.8, 4) is 22.6 Å². The number of hydroxylamine groups is 2. The van der Waals surface area contributed by atoms with E-state index in [1.807, 2.05) is 83.8 Å². The molecule has 112 heavy (non-hydrogen) atoms. The van der Waals surface area contributed by atoms with E-state index in [2.05, 4.69) is 31.2 Å². The highest BCUT2D eigenvalue weighted by Gasteiger charge is 2.47. The van der Waals surface area contributed by atoms with Crippen molar-refractivity contribution in [3.05, 3.63) is 190 Å². The highest BCUT2D eigenvalue weighted by Crippen LogP contribution is 2.47. The Morgan fingerprint density at radius 1 is 0.518 bits per heavy atom. The summed E-state index contributed by atoms with van der Waals surface area (Å²) >= 11 is 0. The van der Waals surface area contributed by atoms with Crippen molar-refractivity contribution < 1.29 is 105 Å². The molecule has 0 radical (unpaired) electrons. The number of hydrogen-bond donors (Lipinski definition) is 16. The van der Waals surface area contributed by atoms with E-state index in [4.69, 9.17) is 69.0 Å². The quantitative estimate of drug-likeness (QED) is 0.00656. The van der Waals surface area contributed by atoms with Gasteiger partial charge in [0.1, 0.15) is 85.1 Å². The van der Waals surface area contributed by atoms with Crippen molar-refractivity contribution in [2.75, 3.05) is 51.0 Å². The Labute approximate surface area is 638 Å². The van der Waals surface area contributed by atoms with Gasteiger partial charge in [0.2, 0.25) is 23.7 Å². The van der Waals surface area contributed by atoms with Gasteiger partial charge in [-0.1, -0.05) is 121 Å². The number of ether oxygens (including phenoxy) is 6. The zero-order chi connectivity index (χ0) is 79.9. The SMILES string of the molecule is N=C(NCCCC(NC(=O)CCCOc1ccc2ccccc2c1-c1c(OCCCC(=O)NC(CCCNC(=N)NOP(=O)(O)OC[C@H]2O[C@@H](n3ccc(N)nc3=O)[C@H](O)[C@@H]2O)C(=O)OCc2ccccc2)ccc2ccccc12)C(=O)OCc1ccccc1)NOP(=O)(O)OC[C@H]1O[C@@H](n2ccc(N)nc2=O)[C@H](O)[C@@H]1O. The molecule has 598 valence electrons. The summed E-state index contributed by atoms with van der Waals surface area (Å²) in [4.78, 5) is 107. The van der Waals surface area contributed by atoms with Crippen LogP contribution in [0.5, 0.6) is 11.5 Å². The van der Waals surface area contributed by atoms with Crippen LogP contribution in [0.3, 0.4) is 0 Å². The Morgan fingerprint density at radius 3 is 1.29 bits per heavy atom. The third-order valence-electron chi connectivity index (χ3n) is 17.5. The van der Waals surface area contributed by atoms with Gasteiger partial charge in [0.05, 0.1) is 26.4 Å². The molecule has 0 bridgehead atoms. The molecule has 2 amide bonds. The number of phosphoric ester groups is 2. The maximum atomic E-state index is 13.7. The van der Waals surface area contributed by atoms with Gasteiger partial charge in [-0.3, -0.25) is 38.6 Å². The Kier molecular flexibility index (Phi) is 29.8. The zero-order valence-corrected chi connectivity index (χ0v) is 61.8. The Hall–Kier alpha value is -10.8. The van der Waals surface area contributed by atoms with Crippen molar-refractivity contribution in [1.29, 1.82) is 10.8 Å². The first-order chi connectivity index (χ1) is 53.8. The summed E-state index contributed by atoms with van der Waals surface area (Å²) in [6, 6.07) is 40.8. The number of nitrogens with two attached hydrogens (primary N) is 2. The molecule has 38 nitrogen and oxygen atoms in total. The van der Waals surface area contributed by atoms with Crippen LogP contribution in [0.15, 0.2) is 168 Å². The number of fused-ring (bicyclic) bond motifs is 2. The van der Waals surface area contributed by atoms with Gasteiger partial charge in [-0.25, -0.2) is 39.3 Å². The summed E-state index contributed by atoms with van der Waals surface area (Å²) in [5.41, 5.74) is 15.9. The minimum atomic E-state index is -5.01. The first-order valence-corrected chi connectivity index (χ1v) is 38.3. The molecule has 4 heterocycles. The number of nitrogens with one attached hydrogen (secondary N) is 8. The van der Waals surface area contributed by atoms with Crippen LogP contribution < -0.4 is 64.5 Å². The predicted octanol–water partition coefficient (Wildman–Crippen LogP) is 3.24. The molecule has 12 atom stereocenters. The number of rotatable bonds is 39. The highest BCUT2D eigenvalue weighted by atomic mass is 31.2. The molecule has 4 unspecified atom stereocenters. The van der Waals surface area contributed by atoms with Crippen LogP contribution >= 0.6 is 15.6 Å². The number of carbonyl (C=O) groups is 4. The van der Waals surface area contributed by atoms with E-state index in [9.17, 15) is 68.1 Å². The summed E-state index contributed by atoms with van der Waals surface area (Å²) in [5, 5.41) is 72.7. The minimum absolute atomic E-state index is 0.0131. The molecule has 40 heteroatoms. The van der Waals surface area contributed by atoms with Crippen LogP contribution in [-0.4, -0.2) is 173 Å². The fraction of sp³-hybridized carbons (Fsp3) is 0.361. The van der Waals surface area contributed by atoms with Gasteiger partial charge in [0, 0.05) is 49.5 Å². The van der Waals surface area contributed by atoms with E-state index in [1.165, 1.54) is 24.5 Å². The molecule has 10 rings (SSSR count). The second kappa shape index (κ2) is 39.9. The summed E-state index contributed by atoms with van der Waals surface area (Å²) in [5.74, 6) is -2.96. The summed E-state index contributed by atoms with van der Waals surface area (Å²) in [6.45, 7) is -1.76. The molecular weight excluding hydrogens is 1510 g/mol. The standard InChI is InChI=1S/C72H86N14O24P2/c73-55-31-35-85(71(95)81-55)65-63(91)61(89)53(107-65)41-105-111(97,98)109-83-69(75)77-33-11-23-49(67(93)103-39-43-15-3-1-4-16-43)79-57(87)25-13-37-101-51-29-27-45-19-7-9-21-47(45)59(51)60-48-22-10-8-20-46(48)28-30-52(60)102-38-14-26-58(88)80-50(68(94)104-40-44-17-5-2-6-18-44)24-12-34-78-70(76)84-110-112(99,100)106-42-54-62(90)64(92)66(108-54)86-36-32-56(74)82-72(86)96/h1-10,15-22,27-32,35-36,49-50,53-54,61-66,89-92H,11-14,23-26,33-34,37-42H2,(H,79,87)(H,80,88)(H,97,98)(H,99,100)(H2,73,81,95)(H2,74,82,96)(H3,75,77,83)(H3,76,78,84)/t49?,50?,53-,54-,61-,62-,63-,64-,65-,66-/m1/s1. The molecule has 2 aliphatic rings. The average Bonchev–Trinajstić information content (AvgIpc) is 0.895. The number of aromatic nitrogens is 4. The number of aliphatic hydroxyl groups excluding tert-OH is 4. The van der Waals surface area contributed by atoms with Gasteiger partial charge in [0.25, 0.3) is 0 Å². The number of guanidine groups is 2. The number of esters is 2. The summed E-state index contributed by atoms with van der Waals surface area (Å²) in [7, 11) is -10.0. The van der Waals surface area contributed by atoms with Crippen molar-refractivity contribution in [3.63, 3.8) is 0 Å². The molecule has 2 aromatic heterocycles. The molecule has 8 aromatic rings. The third kappa shape index (κ3) is 23.6. The lowest BCUT2D eigenvalue weighted by Gasteiger charge is -2.20. The number of amides is 2. The Balaban J connectivity index is 0.705. The largest absolute Gasteiger partial charge is 0.493 e. The van der Waals surface area contributed by atoms with E-state index < -0.39 is 137 Å². The van der Waals surface area contributed by atoms with E-state index in [-0.39, 0.29) is 103 Å². The first kappa shape index (κ1) is 83.7. The molecule has 0 saturated carbocycles. The lowest BCUT2D eigenvalue weighted by atomic mass is 9.92. The lowest BCUT2D eigenvalue weighted by molar-refractivity contribution is -0.149. The first-order valence-electron chi connectivity index (χ1n) is 35.3. The fourth-order valence-electron chi connectivity index (χ4n) is 11.9. The topological polar surface area (TPSA) is 558 Å². The molecule has 2 fully saturated rings. The number of hydrogen-bond acceptors (Lipinski definition) is 28. The van der Waals surface area contributed by atoms with Crippen molar-refractivity contribution in [1.82, 2.24) is 51.3 Å². The molecule has 6 aromatic carbocycles. The molecule has 2 aliphatic heterocycles. The highest BCUT2D eigenvalue weighted by molar-refractivity contribution is 7.47. The van der Waals surface area contributed by atoms with Gasteiger partial charge >= 0.3 is 39.0 Å². The fourth-order valence-corrected chi connectivity index (χ4v) is 13.1. The van der Waals surface area contributed by atoms with Crippen molar-refractivity contribution in [2.24, 2.45) is 0 Å². The summed E-state index contributed by atoms with van der Waals surface area (Å²) < 4.78 is 81.9. The van der Waals surface area contributed by atoms with E-state index >= 15 is 0 Å². The Bertz CT molecular complexity index is 4510. The smallest absolute Gasteiger partial charge is 0.493 e. The second-order valence-corrected chi connectivity index (χ2v) is 28.4. The van der Waals surface area contributed by atoms with Crippen LogP contribution in [-0.2, 0) is 78.8 Å². The third-order valence-corrected chi connectivity index (χ3v) is 19.1. The van der Waals surface area contributed by atoms with E-state index in [0.29, 0.717) is 33.8 Å². The van der Waals surface area contributed by atoms with Crippen LogP contribution in [0.2, 0.25) is 0 Å². The normalized spacial score (nSPS) is 19.6. The van der Waals surface area contributed by atoms with Crippen LogP contribution in [0.25, 0.3) is 32.7 Å². The predicted molar refractivity (Wildman–Crippen MR) is 400 cm³/mol. The van der Waals surface area contributed by atoms with Crippen LogP contribution in [0, 0.1) is 10.8 Å². The average molecular weight is 1590 g/mol. The number of nitrogens with zero attached hydrogens (tertiary/aromatic N) is 4. The number of anilines is 2. The molecule has 0 aliphatic carbocycles. The minimum Gasteiger partial charge on any atom is -0.493 e. The number of benzene rings is 6. The maximum Gasteiger partial charge on any atom is 0.493 e. The molecule has 0 spiro atoms. The lowest BCUT2D eigenvalue weighted by Crippen LogP contribution is -2.43. The Morgan fingerprint density at radius 2 is 0.902 bits per heavy atom. The van der Waals surface area contributed by atoms with E-state index in [1.54, 1.807) is 60.7 Å². The van der Waals surface area contributed by atoms with E-state index in [0.717, 1.165) is 30.7 Å². The monoisotopic (exact) mass is 1590 g/mol. The summed E-state index contributed by atoms with van der Waals surface area (Å²) in [6.07, 6.45) is -9.51. The molecular formula is C72H86N14O24P2. The number of nitrogen functional groups attached to an aromatic ring is 2. The van der Waals surface area contributed by atoms with Crippen molar-refractivity contribution >= 4 is 84.5 Å². The number of aliphatic hydroxyl groups is 4. The van der Waals surface area contributed by atoms with Crippen LogP contribution in [0.1, 0.15) is 74.9 Å². The van der Waals surface area contributed by atoms with Gasteiger partial charge in [-0.05, 0) is 95.5 Å². The van der Waals surface area contributed by atoms with Gasteiger partial charge in [-0.15, -0.1) is 0 Å². The molecule has 18 N–H and O–H groups in total.